The lowest BCUT2D eigenvalue weighted by molar-refractivity contribution is -0.118. The second kappa shape index (κ2) is 10.00. The number of nitrogens with zero attached hydrogens (tertiary/aromatic N) is 2. The number of hydrogen-bond donors (Lipinski definition) is 2. The number of carbonyl (C=O) groups excluding carboxylic acids is 1. The van der Waals surface area contributed by atoms with Gasteiger partial charge in [-0.1, -0.05) is 25.0 Å². The van der Waals surface area contributed by atoms with Crippen LogP contribution in [0.15, 0.2) is 36.7 Å². The molecule has 1 aromatic carbocycles. The normalized spacial score (nSPS) is 15.5. The van der Waals surface area contributed by atoms with Crippen LogP contribution in [0.3, 0.4) is 0 Å². The fourth-order valence-electron chi connectivity index (χ4n) is 3.26. The van der Waals surface area contributed by atoms with Crippen molar-refractivity contribution in [2.45, 2.75) is 42.7 Å². The summed E-state index contributed by atoms with van der Waals surface area (Å²) in [5, 5.41) is 11.0. The first kappa shape index (κ1) is 20.8. The number of nitrogens with one attached hydrogen (secondary N) is 2. The minimum absolute atomic E-state index is 0. The molecule has 1 heterocycles. The number of rotatable bonds is 7. The van der Waals surface area contributed by atoms with Crippen LogP contribution in [-0.2, 0) is 17.6 Å². The molecule has 1 unspecified atom stereocenters. The van der Waals surface area contributed by atoms with Gasteiger partial charge in [0.2, 0.25) is 5.91 Å². The van der Waals surface area contributed by atoms with Crippen molar-refractivity contribution in [3.05, 3.63) is 47.8 Å². The maximum atomic E-state index is 12.6. The summed E-state index contributed by atoms with van der Waals surface area (Å²) in [6, 6.07) is 7.76. The van der Waals surface area contributed by atoms with Gasteiger partial charge in [-0.2, -0.15) is 16.9 Å². The van der Waals surface area contributed by atoms with Crippen molar-refractivity contribution < 1.29 is 4.79 Å². The number of likely N-dealkylation sites (N-methyl/N-ethyl adjacent to an activating group) is 1. The van der Waals surface area contributed by atoms with Crippen molar-refractivity contribution in [2.24, 2.45) is 7.05 Å². The molecular weight excluding hydrogens is 368 g/mol. The van der Waals surface area contributed by atoms with Crippen molar-refractivity contribution in [1.29, 1.82) is 0 Å². The average Bonchev–Trinajstić information content (AvgIpc) is 3.26. The number of amides is 1. The molecule has 26 heavy (non-hydrogen) atoms. The van der Waals surface area contributed by atoms with E-state index in [-0.39, 0.29) is 18.3 Å². The Morgan fingerprint density at radius 2 is 2.15 bits per heavy atom. The van der Waals surface area contributed by atoms with Gasteiger partial charge in [0, 0.05) is 35.5 Å². The highest BCUT2D eigenvalue weighted by atomic mass is 35.5. The van der Waals surface area contributed by atoms with Crippen molar-refractivity contribution in [2.75, 3.05) is 12.4 Å². The third-order valence-corrected chi connectivity index (χ3v) is 6.03. The SMILES string of the molecule is CNC(C(=O)Nc1cccc(CSC2CCCC2)c1)c1cnn(C)c1.Cl. The van der Waals surface area contributed by atoms with Gasteiger partial charge in [-0.25, -0.2) is 0 Å². The Bertz CT molecular complexity index is 715. The predicted molar refractivity (Wildman–Crippen MR) is 111 cm³/mol. The third-order valence-electron chi connectivity index (χ3n) is 4.59. The topological polar surface area (TPSA) is 59.0 Å². The molecular formula is C19H27ClN4OS. The fourth-order valence-corrected chi connectivity index (χ4v) is 4.54. The number of thioether (sulfide) groups is 1. The highest BCUT2D eigenvalue weighted by Gasteiger charge is 2.20. The van der Waals surface area contributed by atoms with E-state index >= 15 is 0 Å². The Morgan fingerprint density at radius 3 is 2.81 bits per heavy atom. The largest absolute Gasteiger partial charge is 0.324 e. The quantitative estimate of drug-likeness (QED) is 0.747. The van der Waals surface area contributed by atoms with Gasteiger partial charge in [0.1, 0.15) is 6.04 Å². The maximum Gasteiger partial charge on any atom is 0.246 e. The minimum atomic E-state index is -0.412. The van der Waals surface area contributed by atoms with Crippen LogP contribution in [0.5, 0.6) is 0 Å². The highest BCUT2D eigenvalue weighted by Crippen LogP contribution is 2.32. The van der Waals surface area contributed by atoms with Crippen LogP contribution < -0.4 is 10.6 Å². The van der Waals surface area contributed by atoms with Crippen LogP contribution >= 0.6 is 24.2 Å². The first-order valence-electron chi connectivity index (χ1n) is 8.83. The van der Waals surface area contributed by atoms with Crippen LogP contribution in [-0.4, -0.2) is 28.0 Å². The van der Waals surface area contributed by atoms with E-state index in [0.29, 0.717) is 0 Å². The molecule has 1 amide bonds. The molecule has 5 nitrogen and oxygen atoms in total. The summed E-state index contributed by atoms with van der Waals surface area (Å²) in [5.41, 5.74) is 2.96. The summed E-state index contributed by atoms with van der Waals surface area (Å²) in [5.74, 6) is 0.933. The van der Waals surface area contributed by atoms with E-state index in [1.165, 1.54) is 31.2 Å². The zero-order valence-corrected chi connectivity index (χ0v) is 16.9. The summed E-state index contributed by atoms with van der Waals surface area (Å²) in [6.07, 6.45) is 9.00. The number of benzene rings is 1. The van der Waals surface area contributed by atoms with Crippen molar-refractivity contribution in [1.82, 2.24) is 15.1 Å². The smallest absolute Gasteiger partial charge is 0.246 e. The van der Waals surface area contributed by atoms with Gasteiger partial charge < -0.3 is 10.6 Å². The van der Waals surface area contributed by atoms with E-state index in [2.05, 4.69) is 27.9 Å². The Balaban J connectivity index is 0.00000243. The number of aromatic nitrogens is 2. The lowest BCUT2D eigenvalue weighted by Crippen LogP contribution is -2.30. The fraction of sp³-hybridized carbons (Fsp3) is 0.474. The van der Waals surface area contributed by atoms with E-state index in [1.54, 1.807) is 17.9 Å². The van der Waals surface area contributed by atoms with Crippen molar-refractivity contribution in [3.8, 4) is 0 Å². The molecule has 3 rings (SSSR count). The molecule has 1 fully saturated rings. The molecule has 142 valence electrons. The van der Waals surface area contributed by atoms with Gasteiger partial charge in [-0.15, -0.1) is 12.4 Å². The zero-order valence-electron chi connectivity index (χ0n) is 15.3. The van der Waals surface area contributed by atoms with Gasteiger partial charge >= 0.3 is 0 Å². The lowest BCUT2D eigenvalue weighted by Gasteiger charge is -2.15. The molecule has 0 aliphatic heterocycles. The molecule has 0 radical (unpaired) electrons. The second-order valence-corrected chi connectivity index (χ2v) is 7.86. The highest BCUT2D eigenvalue weighted by molar-refractivity contribution is 7.99. The van der Waals surface area contributed by atoms with Gasteiger partial charge in [0.05, 0.1) is 6.20 Å². The van der Waals surface area contributed by atoms with E-state index in [4.69, 9.17) is 0 Å². The lowest BCUT2D eigenvalue weighted by atomic mass is 10.1. The number of hydrogen-bond acceptors (Lipinski definition) is 4. The van der Waals surface area contributed by atoms with Crippen LogP contribution in [0.4, 0.5) is 5.69 Å². The third kappa shape index (κ3) is 5.50. The van der Waals surface area contributed by atoms with Gasteiger partial charge in [0.15, 0.2) is 0 Å². The van der Waals surface area contributed by atoms with Crippen LogP contribution in [0.25, 0.3) is 0 Å². The van der Waals surface area contributed by atoms with E-state index < -0.39 is 6.04 Å². The number of carbonyl (C=O) groups is 1. The summed E-state index contributed by atoms with van der Waals surface area (Å²) in [7, 11) is 3.63. The molecule has 2 aromatic rings. The molecule has 1 aliphatic carbocycles. The Hall–Kier alpha value is -1.50. The van der Waals surface area contributed by atoms with Gasteiger partial charge in [-0.05, 0) is 37.6 Å². The Kier molecular flexibility index (Phi) is 8.00. The van der Waals surface area contributed by atoms with E-state index in [1.807, 2.05) is 37.1 Å². The standard InChI is InChI=1S/C19H26N4OS.ClH/c1-20-18(15-11-21-23(2)12-15)19(24)22-16-7-5-6-14(10-16)13-25-17-8-3-4-9-17;/h5-7,10-12,17-18,20H,3-4,8-9,13H2,1-2H3,(H,22,24);1H. The number of anilines is 1. The first-order valence-corrected chi connectivity index (χ1v) is 9.88. The molecule has 1 atom stereocenters. The molecule has 1 aromatic heterocycles. The van der Waals surface area contributed by atoms with Gasteiger partial charge in [-0.3, -0.25) is 9.48 Å². The Morgan fingerprint density at radius 1 is 1.38 bits per heavy atom. The number of aryl methyl sites for hydroxylation is 1. The molecule has 1 saturated carbocycles. The zero-order chi connectivity index (χ0) is 17.6. The van der Waals surface area contributed by atoms with E-state index in [0.717, 1.165) is 22.3 Å². The average molecular weight is 395 g/mol. The Labute approximate surface area is 165 Å². The summed E-state index contributed by atoms with van der Waals surface area (Å²) in [6.45, 7) is 0. The monoisotopic (exact) mass is 394 g/mol. The molecule has 0 bridgehead atoms. The molecule has 0 saturated heterocycles. The van der Waals surface area contributed by atoms with Crippen LogP contribution in [0.2, 0.25) is 0 Å². The van der Waals surface area contributed by atoms with Crippen molar-refractivity contribution >= 4 is 35.8 Å². The van der Waals surface area contributed by atoms with Gasteiger partial charge in [0.25, 0.3) is 0 Å². The second-order valence-electron chi connectivity index (χ2n) is 6.58. The van der Waals surface area contributed by atoms with Crippen molar-refractivity contribution in [3.63, 3.8) is 0 Å². The summed E-state index contributed by atoms with van der Waals surface area (Å²) < 4.78 is 1.70. The molecule has 0 spiro atoms. The number of halogens is 1. The van der Waals surface area contributed by atoms with E-state index in [9.17, 15) is 4.79 Å². The first-order chi connectivity index (χ1) is 12.2. The van der Waals surface area contributed by atoms with Crippen LogP contribution in [0.1, 0.15) is 42.9 Å². The maximum absolute atomic E-state index is 12.6. The molecule has 7 heteroatoms. The molecule has 2 N–H and O–H groups in total. The minimum Gasteiger partial charge on any atom is -0.324 e. The summed E-state index contributed by atoms with van der Waals surface area (Å²) in [4.78, 5) is 12.6. The predicted octanol–water partition coefficient (Wildman–Crippen LogP) is 3.92. The summed E-state index contributed by atoms with van der Waals surface area (Å²) >= 11 is 2.04. The van der Waals surface area contributed by atoms with Crippen LogP contribution in [0, 0.1) is 0 Å². The molecule has 1 aliphatic rings.